The van der Waals surface area contributed by atoms with Crippen LogP contribution in [0.3, 0.4) is 0 Å². The number of hydrogen-bond acceptors (Lipinski definition) is 9. The van der Waals surface area contributed by atoms with Gasteiger partial charge in [-0.3, -0.25) is 9.13 Å². The fraction of sp³-hybridized carbons (Fsp3) is 0.394. The van der Waals surface area contributed by atoms with Gasteiger partial charge in [0.05, 0.1) is 31.4 Å². The monoisotopic (exact) mass is 628 g/mol. The maximum Gasteiger partial charge on any atom is 0.407 e. The van der Waals surface area contributed by atoms with Crippen LogP contribution in [-0.4, -0.2) is 54.1 Å². The van der Waals surface area contributed by atoms with Gasteiger partial charge in [-0.25, -0.2) is 29.0 Å². The van der Waals surface area contributed by atoms with Crippen LogP contribution in [0.2, 0.25) is 0 Å². The first-order chi connectivity index (χ1) is 23.7. The van der Waals surface area contributed by atoms with Crippen molar-refractivity contribution >= 4 is 45.8 Å². The summed E-state index contributed by atoms with van der Waals surface area (Å²) >= 11 is 0. The molecule has 1 aromatic carbocycles. The molecular formula is C33H36N8O5. The Hall–Kier alpha value is -5.20. The number of nitrogens with zero attached hydrogens (tertiary/aromatic N) is 6. The van der Waals surface area contributed by atoms with Crippen LogP contribution in [0.15, 0.2) is 59.5 Å². The molecule has 0 aliphatic heterocycles. The molecule has 4 aromatic heterocycles. The zero-order valence-corrected chi connectivity index (χ0v) is 25.6. The Morgan fingerprint density at radius 1 is 1.15 bits per heavy atom. The molecule has 0 spiro atoms. The summed E-state index contributed by atoms with van der Waals surface area (Å²) in [6, 6.07) is 12.6. The van der Waals surface area contributed by atoms with Gasteiger partial charge in [0, 0.05) is 34.6 Å². The van der Waals surface area contributed by atoms with E-state index in [1.54, 1.807) is 16.8 Å². The van der Waals surface area contributed by atoms with E-state index in [4.69, 9.17) is 20.3 Å². The average Bonchev–Trinajstić information content (AvgIpc) is 3.29. The predicted octanol–water partition coefficient (Wildman–Crippen LogP) is 4.46. The van der Waals surface area contributed by atoms with E-state index in [1.165, 1.54) is 17.9 Å². The molecule has 0 saturated heterocycles. The lowest BCUT2D eigenvalue weighted by molar-refractivity contribution is -0.151. The number of amides is 1. The van der Waals surface area contributed by atoms with Gasteiger partial charge in [0.2, 0.25) is 0 Å². The van der Waals surface area contributed by atoms with Gasteiger partial charge in [-0.15, -0.1) is 0 Å². The fourth-order valence-corrected chi connectivity index (χ4v) is 6.44. The third-order valence-electron chi connectivity index (χ3n) is 9.04. The van der Waals surface area contributed by atoms with Gasteiger partial charge >= 0.3 is 17.8 Å². The van der Waals surface area contributed by atoms with Crippen molar-refractivity contribution in [2.24, 2.45) is 12.9 Å². The van der Waals surface area contributed by atoms with E-state index in [0.717, 1.165) is 15.5 Å². The Bertz CT molecular complexity index is 2200. The van der Waals surface area contributed by atoms with Crippen LogP contribution >= 0.6 is 0 Å². The van der Waals surface area contributed by atoms with Gasteiger partial charge < -0.3 is 20.1 Å². The number of anilines is 2. The fourth-order valence-electron chi connectivity index (χ4n) is 6.44. The number of imidazole rings is 1. The van der Waals surface area contributed by atoms with Crippen molar-refractivity contribution in [3.05, 3.63) is 76.5 Å². The SMILES string of the molecule is [2H]C([2H])([2H])n1c(=O)n([C@@H]2CC[C@@]([2H])(NC(=O)OC)C2)c2cc(Nc3ccc4c(C)nn([C@@]5(C(=O)OCc6ccccc6)C[C@@H]5C)c4n3)ncc21. The summed E-state index contributed by atoms with van der Waals surface area (Å²) in [6.45, 7) is 1.17. The van der Waals surface area contributed by atoms with Gasteiger partial charge in [-0.2, -0.15) is 5.10 Å². The normalized spacial score (nSPS) is 25.4. The number of carbonyl (C=O) groups excluding carboxylic acids is 2. The maximum atomic E-state index is 13.7. The molecule has 2 fully saturated rings. The summed E-state index contributed by atoms with van der Waals surface area (Å²) in [7, 11) is 1.20. The first-order valence-electron chi connectivity index (χ1n) is 17.1. The van der Waals surface area contributed by atoms with Crippen molar-refractivity contribution in [3.63, 3.8) is 0 Å². The summed E-state index contributed by atoms with van der Waals surface area (Å²) in [5.41, 5.74) is 0.680. The molecule has 2 aliphatic carbocycles. The molecule has 5 aromatic rings. The van der Waals surface area contributed by atoms with Crippen molar-refractivity contribution < 1.29 is 24.5 Å². The minimum Gasteiger partial charge on any atom is -0.459 e. The smallest absolute Gasteiger partial charge is 0.407 e. The first kappa shape index (κ1) is 25.0. The lowest BCUT2D eigenvalue weighted by Crippen LogP contribution is -2.33. The molecule has 4 atom stereocenters. The standard InChI is InChI=1S/C33H36N8O5/c1-19-16-33(19,30(42)46-18-21-8-6-5-7-9-21)41-29-24(20(2)38-41)12-13-27(37-29)36-28-15-25-26(17-34-28)39(3)32(44)40(25)23-11-10-22(14-23)35-31(43)45-4/h5-9,12-13,15,17,19,22-23H,10-11,14,16,18H2,1-4H3,(H,35,43)(H,34,36,37)/t19-,22+,23+,33-/m0/s1/i3D3,22D. The second-order valence-electron chi connectivity index (χ2n) is 11.9. The summed E-state index contributed by atoms with van der Waals surface area (Å²) in [4.78, 5) is 48.4. The van der Waals surface area contributed by atoms with E-state index in [-0.39, 0.29) is 42.7 Å². The topological polar surface area (TPSA) is 147 Å². The highest BCUT2D eigenvalue weighted by Crippen LogP contribution is 2.52. The number of pyridine rings is 2. The second kappa shape index (κ2) is 11.3. The number of alkyl carbamates (subject to hydrolysis) is 1. The second-order valence-corrected chi connectivity index (χ2v) is 11.9. The Kier molecular flexibility index (Phi) is 6.15. The average molecular weight is 629 g/mol. The highest BCUT2D eigenvalue weighted by molar-refractivity contribution is 5.88. The molecule has 0 radical (unpaired) electrons. The molecule has 7 rings (SSSR count). The van der Waals surface area contributed by atoms with Crippen LogP contribution in [0.1, 0.15) is 55.4 Å². The summed E-state index contributed by atoms with van der Waals surface area (Å²) < 4.78 is 47.0. The zero-order valence-electron chi connectivity index (χ0n) is 29.6. The number of benzene rings is 1. The quantitative estimate of drug-likeness (QED) is 0.238. The van der Waals surface area contributed by atoms with Crippen LogP contribution in [0.5, 0.6) is 0 Å². The van der Waals surface area contributed by atoms with E-state index < -0.39 is 36.4 Å². The number of esters is 1. The number of fused-ring (bicyclic) bond motifs is 2. The zero-order chi connectivity index (χ0) is 35.6. The van der Waals surface area contributed by atoms with Crippen molar-refractivity contribution in [1.82, 2.24) is 34.2 Å². The van der Waals surface area contributed by atoms with E-state index in [0.29, 0.717) is 35.5 Å². The van der Waals surface area contributed by atoms with Crippen LogP contribution in [-0.2, 0) is 33.4 Å². The molecule has 13 nitrogen and oxygen atoms in total. The number of aromatic nitrogens is 6. The lowest BCUT2D eigenvalue weighted by Gasteiger charge is -2.17. The molecule has 13 heteroatoms. The van der Waals surface area contributed by atoms with Gasteiger partial charge in [-0.05, 0) is 56.2 Å². The third-order valence-corrected chi connectivity index (χ3v) is 9.04. The molecule has 1 amide bonds. The molecule has 4 heterocycles. The maximum absolute atomic E-state index is 13.7. The number of methoxy groups -OCH3 is 1. The van der Waals surface area contributed by atoms with Crippen LogP contribution < -0.4 is 16.3 Å². The minimum absolute atomic E-state index is 0.0318. The number of ether oxygens (including phenoxy) is 2. The Morgan fingerprint density at radius 2 is 1.96 bits per heavy atom. The molecule has 2 N–H and O–H groups in total. The summed E-state index contributed by atoms with van der Waals surface area (Å²) in [6.07, 6.45) is 1.72. The Morgan fingerprint density at radius 3 is 2.70 bits per heavy atom. The van der Waals surface area contributed by atoms with Gasteiger partial charge in [0.15, 0.2) is 11.2 Å². The van der Waals surface area contributed by atoms with E-state index in [9.17, 15) is 14.4 Å². The molecule has 2 aliphatic rings. The van der Waals surface area contributed by atoms with Gasteiger partial charge in [0.1, 0.15) is 18.2 Å². The van der Waals surface area contributed by atoms with Crippen molar-refractivity contribution in [3.8, 4) is 0 Å². The van der Waals surface area contributed by atoms with E-state index in [1.807, 2.05) is 50.2 Å². The molecular weight excluding hydrogens is 588 g/mol. The van der Waals surface area contributed by atoms with Crippen molar-refractivity contribution in [2.45, 2.75) is 63.7 Å². The molecule has 0 bridgehead atoms. The van der Waals surface area contributed by atoms with Crippen LogP contribution in [0, 0.1) is 12.8 Å². The number of hydrogen-bond donors (Lipinski definition) is 2. The Balaban J connectivity index is 1.22. The van der Waals surface area contributed by atoms with Crippen LogP contribution in [0.25, 0.3) is 22.1 Å². The molecule has 0 unspecified atom stereocenters. The number of carbonyl (C=O) groups is 2. The van der Waals surface area contributed by atoms with Crippen molar-refractivity contribution in [2.75, 3.05) is 12.4 Å². The van der Waals surface area contributed by atoms with E-state index >= 15 is 0 Å². The predicted molar refractivity (Wildman–Crippen MR) is 171 cm³/mol. The minimum atomic E-state index is -2.79. The van der Waals surface area contributed by atoms with Crippen molar-refractivity contribution in [1.29, 1.82) is 0 Å². The number of rotatable bonds is 8. The summed E-state index contributed by atoms with van der Waals surface area (Å²) in [5.74, 6) is 0.246. The summed E-state index contributed by atoms with van der Waals surface area (Å²) in [5, 5.41) is 11.2. The van der Waals surface area contributed by atoms with E-state index in [2.05, 4.69) is 20.4 Å². The van der Waals surface area contributed by atoms with Crippen LogP contribution in [0.4, 0.5) is 16.4 Å². The highest BCUT2D eigenvalue weighted by Gasteiger charge is 2.62. The van der Waals surface area contributed by atoms with Gasteiger partial charge in [-0.1, -0.05) is 37.3 Å². The first-order valence-corrected chi connectivity index (χ1v) is 15.1. The molecule has 46 heavy (non-hydrogen) atoms. The highest BCUT2D eigenvalue weighted by atomic mass is 16.5. The molecule has 2 saturated carbocycles. The number of nitrogens with one attached hydrogen (secondary N) is 2. The Labute approximate surface area is 270 Å². The number of aryl methyl sites for hydroxylation is 2. The van der Waals surface area contributed by atoms with Gasteiger partial charge in [0.25, 0.3) is 0 Å². The molecule has 238 valence electrons. The lowest BCUT2D eigenvalue weighted by atomic mass is 10.2. The third kappa shape index (κ3) is 4.95. The largest absolute Gasteiger partial charge is 0.459 e.